The highest BCUT2D eigenvalue weighted by Crippen LogP contribution is 2.20. The molecule has 0 N–H and O–H groups in total. The normalized spacial score (nSPS) is 13.2. The van der Waals surface area contributed by atoms with Crippen LogP contribution in [0, 0.1) is 5.92 Å². The molecule has 0 bridgehead atoms. The Labute approximate surface area is 92.3 Å². The zero-order chi connectivity index (χ0) is 9.68. The van der Waals surface area contributed by atoms with E-state index in [9.17, 15) is 0 Å². The van der Waals surface area contributed by atoms with E-state index < -0.39 is 0 Å². The fraction of sp³-hybridized carbons (Fsp3) is 0.667. The van der Waals surface area contributed by atoms with E-state index in [0.29, 0.717) is 0 Å². The first-order valence-electron chi connectivity index (χ1n) is 4.44. The van der Waals surface area contributed by atoms with Gasteiger partial charge >= 0.3 is 0 Å². The van der Waals surface area contributed by atoms with Crippen LogP contribution in [0.15, 0.2) is 17.6 Å². The molecule has 13 heavy (non-hydrogen) atoms. The van der Waals surface area contributed by atoms with Crippen molar-refractivity contribution in [2.24, 2.45) is 13.0 Å². The van der Waals surface area contributed by atoms with Gasteiger partial charge in [-0.2, -0.15) is 0 Å². The van der Waals surface area contributed by atoms with Gasteiger partial charge in [-0.3, -0.25) is 0 Å². The number of aryl methyl sites for hydroxylation is 1. The van der Waals surface area contributed by atoms with Crippen molar-refractivity contribution in [3.8, 4) is 0 Å². The van der Waals surface area contributed by atoms with Gasteiger partial charge in [-0.25, -0.2) is 4.98 Å². The maximum atomic E-state index is 4.27. The van der Waals surface area contributed by atoms with E-state index in [0.717, 1.165) is 22.2 Å². The van der Waals surface area contributed by atoms with Crippen LogP contribution in [0.4, 0.5) is 0 Å². The number of rotatable bonds is 5. The molecule has 1 heterocycles. The van der Waals surface area contributed by atoms with E-state index in [-0.39, 0.29) is 0 Å². The van der Waals surface area contributed by atoms with Gasteiger partial charge in [0.15, 0.2) is 5.16 Å². The quantitative estimate of drug-likeness (QED) is 0.600. The summed E-state index contributed by atoms with van der Waals surface area (Å²) in [7, 11) is 2.03. The highest BCUT2D eigenvalue weighted by Gasteiger charge is 2.07. The van der Waals surface area contributed by atoms with Crippen LogP contribution < -0.4 is 0 Å². The second kappa shape index (κ2) is 5.70. The molecule has 0 spiro atoms. The molecule has 0 saturated heterocycles. The molecule has 0 saturated carbocycles. The summed E-state index contributed by atoms with van der Waals surface area (Å²) < 4.78 is 2.06. The van der Waals surface area contributed by atoms with Gasteiger partial charge in [0.1, 0.15) is 0 Å². The van der Waals surface area contributed by atoms with Gasteiger partial charge in [0.05, 0.1) is 0 Å². The highest BCUT2D eigenvalue weighted by atomic mass is 79.9. The number of aromatic nitrogens is 2. The molecule has 0 aliphatic heterocycles. The molecule has 74 valence electrons. The van der Waals surface area contributed by atoms with Crippen LogP contribution in [-0.2, 0) is 7.05 Å². The van der Waals surface area contributed by atoms with Crippen molar-refractivity contribution in [2.45, 2.75) is 18.5 Å². The molecule has 1 aromatic heterocycles. The topological polar surface area (TPSA) is 17.8 Å². The predicted molar refractivity (Wildman–Crippen MR) is 61.5 cm³/mol. The molecular formula is C9H15BrN2S. The van der Waals surface area contributed by atoms with Gasteiger partial charge in [-0.05, 0) is 5.92 Å². The second-order valence-electron chi connectivity index (χ2n) is 3.06. The first kappa shape index (κ1) is 11.1. The molecule has 1 unspecified atom stereocenters. The van der Waals surface area contributed by atoms with Crippen molar-refractivity contribution < 1.29 is 0 Å². The Kier molecular flexibility index (Phi) is 4.88. The number of nitrogens with zero attached hydrogens (tertiary/aromatic N) is 2. The van der Waals surface area contributed by atoms with E-state index in [1.54, 1.807) is 0 Å². The Morgan fingerprint density at radius 2 is 2.46 bits per heavy atom. The van der Waals surface area contributed by atoms with E-state index in [1.807, 2.05) is 31.2 Å². The lowest BCUT2D eigenvalue weighted by Gasteiger charge is -2.09. The molecule has 1 atom stereocenters. The van der Waals surface area contributed by atoms with Crippen LogP contribution in [0.1, 0.15) is 13.3 Å². The maximum Gasteiger partial charge on any atom is 0.167 e. The van der Waals surface area contributed by atoms with Gasteiger partial charge < -0.3 is 4.57 Å². The van der Waals surface area contributed by atoms with Gasteiger partial charge in [0.2, 0.25) is 0 Å². The minimum atomic E-state index is 0.752. The van der Waals surface area contributed by atoms with Gasteiger partial charge in [-0.1, -0.05) is 41.0 Å². The molecule has 4 heteroatoms. The third-order valence-electron chi connectivity index (χ3n) is 2.02. The fourth-order valence-corrected chi connectivity index (χ4v) is 3.08. The number of hydrogen-bond donors (Lipinski definition) is 0. The Morgan fingerprint density at radius 3 is 2.92 bits per heavy atom. The number of thioether (sulfide) groups is 1. The van der Waals surface area contributed by atoms with Crippen molar-refractivity contribution in [1.29, 1.82) is 0 Å². The Hall–Kier alpha value is 0.0400. The van der Waals surface area contributed by atoms with E-state index in [4.69, 9.17) is 0 Å². The van der Waals surface area contributed by atoms with E-state index >= 15 is 0 Å². The third-order valence-corrected chi connectivity index (χ3v) is 4.23. The average Bonchev–Trinajstić information content (AvgIpc) is 2.54. The molecule has 1 aromatic rings. The first-order chi connectivity index (χ1) is 6.27. The number of hydrogen-bond acceptors (Lipinski definition) is 2. The molecule has 0 aromatic carbocycles. The van der Waals surface area contributed by atoms with Crippen molar-refractivity contribution in [3.63, 3.8) is 0 Å². The molecule has 2 nitrogen and oxygen atoms in total. The molecule has 1 rings (SSSR count). The van der Waals surface area contributed by atoms with Crippen molar-refractivity contribution in [3.05, 3.63) is 12.4 Å². The van der Waals surface area contributed by atoms with Crippen LogP contribution in [0.3, 0.4) is 0 Å². The van der Waals surface area contributed by atoms with Crippen LogP contribution in [0.5, 0.6) is 0 Å². The monoisotopic (exact) mass is 262 g/mol. The van der Waals surface area contributed by atoms with Crippen LogP contribution in [-0.4, -0.2) is 20.6 Å². The summed E-state index contributed by atoms with van der Waals surface area (Å²) in [5.41, 5.74) is 0. The lowest BCUT2D eigenvalue weighted by atomic mass is 10.2. The summed E-state index contributed by atoms with van der Waals surface area (Å²) in [5.74, 6) is 1.90. The van der Waals surface area contributed by atoms with Gasteiger partial charge in [0, 0.05) is 30.5 Å². The molecule has 0 aliphatic carbocycles. The van der Waals surface area contributed by atoms with E-state index in [2.05, 4.69) is 32.4 Å². The van der Waals surface area contributed by atoms with Crippen molar-refractivity contribution in [1.82, 2.24) is 9.55 Å². The summed E-state index contributed by atoms with van der Waals surface area (Å²) in [4.78, 5) is 4.27. The highest BCUT2D eigenvalue weighted by molar-refractivity contribution is 9.09. The van der Waals surface area contributed by atoms with Gasteiger partial charge in [-0.15, -0.1) is 0 Å². The van der Waals surface area contributed by atoms with Gasteiger partial charge in [0.25, 0.3) is 0 Å². The summed E-state index contributed by atoms with van der Waals surface area (Å²) in [6, 6.07) is 0. The molecule has 0 aliphatic rings. The average molecular weight is 263 g/mol. The minimum Gasteiger partial charge on any atom is -0.329 e. The Morgan fingerprint density at radius 1 is 1.69 bits per heavy atom. The van der Waals surface area contributed by atoms with Crippen LogP contribution in [0.2, 0.25) is 0 Å². The molecule has 0 amide bonds. The van der Waals surface area contributed by atoms with Crippen LogP contribution >= 0.6 is 27.7 Å². The Balaban J connectivity index is 2.38. The lowest BCUT2D eigenvalue weighted by Crippen LogP contribution is -2.04. The fourth-order valence-electron chi connectivity index (χ4n) is 0.955. The smallest absolute Gasteiger partial charge is 0.167 e. The molecule has 0 radical (unpaired) electrons. The zero-order valence-corrected chi connectivity index (χ0v) is 10.4. The van der Waals surface area contributed by atoms with E-state index in [1.165, 1.54) is 6.42 Å². The molecule has 0 fully saturated rings. The number of alkyl halides is 1. The minimum absolute atomic E-state index is 0.752. The lowest BCUT2D eigenvalue weighted by molar-refractivity contribution is 0.649. The first-order valence-corrected chi connectivity index (χ1v) is 6.54. The van der Waals surface area contributed by atoms with Crippen molar-refractivity contribution in [2.75, 3.05) is 11.1 Å². The number of halogens is 1. The standard InChI is InChI=1S/C9H15BrN2S/c1-3-8(6-10)7-13-9-11-4-5-12(9)2/h4-5,8H,3,6-7H2,1-2H3. The largest absolute Gasteiger partial charge is 0.329 e. The summed E-state index contributed by atoms with van der Waals surface area (Å²) >= 11 is 5.35. The summed E-state index contributed by atoms with van der Waals surface area (Å²) in [6.45, 7) is 2.23. The number of imidazole rings is 1. The zero-order valence-electron chi connectivity index (χ0n) is 8.03. The predicted octanol–water partition coefficient (Wildman–Crippen LogP) is 2.93. The maximum absolute atomic E-state index is 4.27. The third kappa shape index (κ3) is 3.35. The summed E-state index contributed by atoms with van der Waals surface area (Å²) in [5, 5.41) is 2.19. The SMILES string of the molecule is CCC(CBr)CSc1nccn1C. The summed E-state index contributed by atoms with van der Waals surface area (Å²) in [6.07, 6.45) is 5.05. The second-order valence-corrected chi connectivity index (χ2v) is 4.69. The van der Waals surface area contributed by atoms with Crippen molar-refractivity contribution >= 4 is 27.7 Å². The Bertz CT molecular complexity index is 246. The molecular weight excluding hydrogens is 248 g/mol. The van der Waals surface area contributed by atoms with Crippen LogP contribution in [0.25, 0.3) is 0 Å².